The lowest BCUT2D eigenvalue weighted by Crippen LogP contribution is -2.36. The van der Waals surface area contributed by atoms with Crippen molar-refractivity contribution in [3.8, 4) is 0 Å². The highest BCUT2D eigenvalue weighted by atomic mass is 127. The van der Waals surface area contributed by atoms with E-state index >= 15 is 0 Å². The molecular formula is C10H16F2INO2. The Kier molecular flexibility index (Phi) is 4.02. The molecular weight excluding hydrogens is 331 g/mol. The van der Waals surface area contributed by atoms with Crippen LogP contribution in [0.15, 0.2) is 0 Å². The molecule has 94 valence electrons. The van der Waals surface area contributed by atoms with Crippen molar-refractivity contribution in [3.63, 3.8) is 0 Å². The van der Waals surface area contributed by atoms with Gasteiger partial charge in [0.05, 0.1) is 12.5 Å². The van der Waals surface area contributed by atoms with E-state index in [1.807, 2.05) is 22.6 Å². The van der Waals surface area contributed by atoms with Crippen LogP contribution in [0.1, 0.15) is 20.8 Å². The molecule has 1 unspecified atom stereocenters. The molecule has 0 spiro atoms. The van der Waals surface area contributed by atoms with E-state index < -0.39 is 30.1 Å². The Morgan fingerprint density at radius 3 is 2.50 bits per heavy atom. The summed E-state index contributed by atoms with van der Waals surface area (Å²) in [6.45, 7) is 4.69. The number of ether oxygens (including phenoxy) is 1. The fourth-order valence-electron chi connectivity index (χ4n) is 1.47. The molecule has 1 aliphatic rings. The molecule has 1 rings (SSSR count). The molecule has 1 aliphatic heterocycles. The van der Waals surface area contributed by atoms with Crippen LogP contribution in [0.4, 0.5) is 13.6 Å². The monoisotopic (exact) mass is 347 g/mol. The molecule has 0 aromatic heterocycles. The predicted octanol–water partition coefficient (Wildman–Crippen LogP) is 2.92. The van der Waals surface area contributed by atoms with Crippen LogP contribution in [0.2, 0.25) is 0 Å². The number of carbonyl (C=O) groups is 1. The van der Waals surface area contributed by atoms with Gasteiger partial charge in [-0.3, -0.25) is 0 Å². The van der Waals surface area contributed by atoms with Gasteiger partial charge in [-0.2, -0.15) is 0 Å². The minimum Gasteiger partial charge on any atom is -0.444 e. The van der Waals surface area contributed by atoms with Crippen LogP contribution in [0, 0.1) is 5.92 Å². The summed E-state index contributed by atoms with van der Waals surface area (Å²) >= 11 is 1.92. The predicted molar refractivity (Wildman–Crippen MR) is 65.1 cm³/mol. The lowest BCUT2D eigenvalue weighted by molar-refractivity contribution is -0.0227. The average molecular weight is 347 g/mol. The van der Waals surface area contributed by atoms with Crippen LogP contribution < -0.4 is 0 Å². The molecule has 0 N–H and O–H groups in total. The SMILES string of the molecule is CC(C)(C)OC(=O)N1CC(CI)C(F)(F)C1. The number of nitrogens with zero attached hydrogens (tertiary/aromatic N) is 1. The topological polar surface area (TPSA) is 29.5 Å². The van der Waals surface area contributed by atoms with Crippen molar-refractivity contribution < 1.29 is 18.3 Å². The minimum atomic E-state index is -2.79. The van der Waals surface area contributed by atoms with E-state index in [-0.39, 0.29) is 6.54 Å². The molecule has 0 saturated carbocycles. The molecule has 16 heavy (non-hydrogen) atoms. The van der Waals surface area contributed by atoms with Gasteiger partial charge in [0, 0.05) is 11.0 Å². The van der Waals surface area contributed by atoms with Crippen LogP contribution in [0.25, 0.3) is 0 Å². The molecule has 1 amide bonds. The Labute approximate surface area is 108 Å². The highest BCUT2D eigenvalue weighted by molar-refractivity contribution is 14.1. The molecule has 6 heteroatoms. The van der Waals surface area contributed by atoms with Crippen LogP contribution >= 0.6 is 22.6 Å². The second-order valence-electron chi connectivity index (χ2n) is 4.97. The van der Waals surface area contributed by atoms with E-state index in [2.05, 4.69) is 0 Å². The number of alkyl halides is 3. The maximum absolute atomic E-state index is 13.4. The average Bonchev–Trinajstić information content (AvgIpc) is 2.37. The van der Waals surface area contributed by atoms with Gasteiger partial charge in [-0.1, -0.05) is 22.6 Å². The Morgan fingerprint density at radius 1 is 1.56 bits per heavy atom. The second kappa shape index (κ2) is 4.62. The molecule has 0 aromatic rings. The van der Waals surface area contributed by atoms with Gasteiger partial charge in [0.25, 0.3) is 5.92 Å². The van der Waals surface area contributed by atoms with Crippen LogP contribution in [-0.4, -0.2) is 40.0 Å². The van der Waals surface area contributed by atoms with Gasteiger partial charge in [0.15, 0.2) is 0 Å². The largest absolute Gasteiger partial charge is 0.444 e. The Balaban J connectivity index is 2.62. The lowest BCUT2D eigenvalue weighted by atomic mass is 10.1. The van der Waals surface area contributed by atoms with Crippen molar-refractivity contribution in [1.82, 2.24) is 4.90 Å². The normalized spacial score (nSPS) is 24.6. The highest BCUT2D eigenvalue weighted by Gasteiger charge is 2.49. The fourth-order valence-corrected chi connectivity index (χ4v) is 2.40. The first-order valence-corrected chi connectivity index (χ1v) is 6.60. The molecule has 1 fully saturated rings. The number of rotatable bonds is 1. The molecule has 0 aliphatic carbocycles. The third-order valence-corrected chi connectivity index (χ3v) is 3.34. The number of carbonyl (C=O) groups excluding carboxylic acids is 1. The summed E-state index contributed by atoms with van der Waals surface area (Å²) in [6.07, 6.45) is -0.653. The molecule has 0 bridgehead atoms. The summed E-state index contributed by atoms with van der Waals surface area (Å²) < 4.78 is 32.2. The van der Waals surface area contributed by atoms with Gasteiger partial charge >= 0.3 is 6.09 Å². The number of hydrogen-bond acceptors (Lipinski definition) is 2. The molecule has 1 saturated heterocycles. The first kappa shape index (κ1) is 13.9. The zero-order chi connectivity index (χ0) is 12.6. The second-order valence-corrected chi connectivity index (χ2v) is 5.85. The summed E-state index contributed by atoms with van der Waals surface area (Å²) in [5.41, 5.74) is -0.644. The lowest BCUT2D eigenvalue weighted by Gasteiger charge is -2.24. The van der Waals surface area contributed by atoms with Gasteiger partial charge in [0.1, 0.15) is 5.60 Å². The van der Waals surface area contributed by atoms with Crippen LogP contribution in [0.5, 0.6) is 0 Å². The Bertz CT molecular complexity index is 278. The standard InChI is InChI=1S/C10H16F2INO2/c1-9(2,3)16-8(15)14-5-7(4-13)10(11,12)6-14/h7H,4-6H2,1-3H3. The highest BCUT2D eigenvalue weighted by Crippen LogP contribution is 2.34. The van der Waals surface area contributed by atoms with E-state index in [4.69, 9.17) is 4.74 Å². The van der Waals surface area contributed by atoms with Gasteiger partial charge in [-0.15, -0.1) is 0 Å². The van der Waals surface area contributed by atoms with Crippen molar-refractivity contribution >= 4 is 28.7 Å². The first-order valence-electron chi connectivity index (χ1n) is 5.07. The van der Waals surface area contributed by atoms with E-state index in [1.54, 1.807) is 20.8 Å². The number of hydrogen-bond donors (Lipinski definition) is 0. The minimum absolute atomic E-state index is 0.0743. The van der Waals surface area contributed by atoms with E-state index in [9.17, 15) is 13.6 Å². The zero-order valence-corrected chi connectivity index (χ0v) is 11.8. The van der Waals surface area contributed by atoms with Crippen molar-refractivity contribution in [2.45, 2.75) is 32.3 Å². The summed E-state index contributed by atoms with van der Waals surface area (Å²) in [5, 5.41) is 0. The smallest absolute Gasteiger partial charge is 0.410 e. The summed E-state index contributed by atoms with van der Waals surface area (Å²) in [5.74, 6) is -3.56. The van der Waals surface area contributed by atoms with Crippen molar-refractivity contribution in [3.05, 3.63) is 0 Å². The van der Waals surface area contributed by atoms with Gasteiger partial charge in [-0.05, 0) is 20.8 Å². The van der Waals surface area contributed by atoms with Crippen molar-refractivity contribution in [2.75, 3.05) is 17.5 Å². The summed E-state index contributed by atoms with van der Waals surface area (Å²) in [6, 6.07) is 0. The Hall–Kier alpha value is -0.140. The van der Waals surface area contributed by atoms with E-state index in [1.165, 1.54) is 0 Å². The van der Waals surface area contributed by atoms with Gasteiger partial charge in [-0.25, -0.2) is 13.6 Å². The quantitative estimate of drug-likeness (QED) is 0.539. The van der Waals surface area contributed by atoms with E-state index in [0.717, 1.165) is 4.90 Å². The molecule has 0 radical (unpaired) electrons. The molecule has 1 atom stereocenters. The maximum atomic E-state index is 13.4. The van der Waals surface area contributed by atoms with Gasteiger partial charge < -0.3 is 9.64 Å². The number of amides is 1. The fraction of sp³-hybridized carbons (Fsp3) is 0.900. The van der Waals surface area contributed by atoms with Crippen LogP contribution in [-0.2, 0) is 4.74 Å². The zero-order valence-electron chi connectivity index (χ0n) is 9.60. The summed E-state index contributed by atoms with van der Waals surface area (Å²) in [4.78, 5) is 12.7. The van der Waals surface area contributed by atoms with Crippen molar-refractivity contribution in [2.24, 2.45) is 5.92 Å². The van der Waals surface area contributed by atoms with E-state index in [0.29, 0.717) is 4.43 Å². The third-order valence-electron chi connectivity index (χ3n) is 2.28. The maximum Gasteiger partial charge on any atom is 0.410 e. The van der Waals surface area contributed by atoms with Crippen LogP contribution in [0.3, 0.4) is 0 Å². The third kappa shape index (κ3) is 3.43. The molecule has 3 nitrogen and oxygen atoms in total. The van der Waals surface area contributed by atoms with Crippen molar-refractivity contribution in [1.29, 1.82) is 0 Å². The number of halogens is 3. The first-order chi connectivity index (χ1) is 7.15. The van der Waals surface area contributed by atoms with Gasteiger partial charge in [0.2, 0.25) is 0 Å². The molecule has 1 heterocycles. The summed E-state index contributed by atoms with van der Waals surface area (Å²) in [7, 11) is 0. The number of likely N-dealkylation sites (tertiary alicyclic amines) is 1. The Morgan fingerprint density at radius 2 is 2.12 bits per heavy atom. The molecule has 0 aromatic carbocycles.